The lowest BCUT2D eigenvalue weighted by Crippen LogP contribution is -2.27. The summed E-state index contributed by atoms with van der Waals surface area (Å²) in [7, 11) is 1.59. The highest BCUT2D eigenvalue weighted by molar-refractivity contribution is 5.74. The molecule has 0 atom stereocenters. The molecule has 0 N–H and O–H groups in total. The summed E-state index contributed by atoms with van der Waals surface area (Å²) in [5, 5.41) is 4.62. The van der Waals surface area contributed by atoms with E-state index in [0.717, 1.165) is 27.9 Å². The Morgan fingerprint density at radius 3 is 2.57 bits per heavy atom. The Hall–Kier alpha value is -3.02. The van der Waals surface area contributed by atoms with Crippen LogP contribution in [0.4, 0.5) is 4.39 Å². The van der Waals surface area contributed by atoms with Crippen molar-refractivity contribution in [3.63, 3.8) is 0 Å². The van der Waals surface area contributed by atoms with Crippen molar-refractivity contribution in [2.45, 2.75) is 6.92 Å². The van der Waals surface area contributed by atoms with Gasteiger partial charge in [-0.15, -0.1) is 0 Å². The van der Waals surface area contributed by atoms with Gasteiger partial charge in [0.2, 0.25) is 0 Å². The highest BCUT2D eigenvalue weighted by Crippen LogP contribution is 2.24. The Kier molecular flexibility index (Phi) is 2.97. The number of hydrogen-bond donors (Lipinski definition) is 0. The van der Waals surface area contributed by atoms with E-state index in [1.165, 1.54) is 12.1 Å². The lowest BCUT2D eigenvalue weighted by Gasteiger charge is -1.99. The van der Waals surface area contributed by atoms with Gasteiger partial charge in [0.25, 0.3) is 5.52 Å². The molecule has 0 saturated carbocycles. The largest absolute Gasteiger partial charge is 0.461 e. The number of ether oxygens (including phenoxy) is 1. The van der Waals surface area contributed by atoms with Crippen LogP contribution in [0.15, 0.2) is 48.5 Å². The van der Waals surface area contributed by atoms with E-state index in [-0.39, 0.29) is 5.82 Å². The van der Waals surface area contributed by atoms with Crippen molar-refractivity contribution in [3.05, 3.63) is 60.0 Å². The Labute approximate surface area is 131 Å². The first kappa shape index (κ1) is 13.6. The molecule has 0 saturated heterocycles. The topological polar surface area (TPSA) is 44.0 Å². The summed E-state index contributed by atoms with van der Waals surface area (Å²) >= 11 is 0. The fraction of sp³-hybridized carbons (Fsp3) is 0.118. The van der Waals surface area contributed by atoms with Gasteiger partial charge in [-0.2, -0.15) is 0 Å². The van der Waals surface area contributed by atoms with Crippen molar-refractivity contribution < 1.29 is 13.6 Å². The summed E-state index contributed by atoms with van der Waals surface area (Å²) in [5.74, 6) is 0.271. The number of aromatic nitrogens is 4. The minimum atomic E-state index is -0.291. The van der Waals surface area contributed by atoms with E-state index in [9.17, 15) is 4.39 Å². The fourth-order valence-electron chi connectivity index (χ4n) is 2.75. The molecule has 2 heterocycles. The third-order valence-corrected chi connectivity index (χ3v) is 3.79. The first-order chi connectivity index (χ1) is 11.2. The van der Waals surface area contributed by atoms with Gasteiger partial charge in [0, 0.05) is 0 Å². The molecule has 4 rings (SSSR count). The second-order valence-electron chi connectivity index (χ2n) is 5.23. The van der Waals surface area contributed by atoms with E-state index in [1.54, 1.807) is 28.4 Å². The summed E-state index contributed by atoms with van der Waals surface area (Å²) in [5.41, 5.74) is 4.06. The van der Waals surface area contributed by atoms with Crippen LogP contribution < -0.4 is 9.25 Å². The van der Waals surface area contributed by atoms with Gasteiger partial charge < -0.3 is 4.74 Å². The van der Waals surface area contributed by atoms with Crippen molar-refractivity contribution in [2.75, 3.05) is 7.11 Å². The molecule has 0 spiro atoms. The minimum Gasteiger partial charge on any atom is -0.461 e. The SMILES string of the molecule is COc1c2c(C)nc3ccccc3[n+]2nn1-c1ccc(F)cc1. The number of aryl methyl sites for hydroxylation is 1. The molecule has 0 unspecified atom stereocenters. The fourth-order valence-corrected chi connectivity index (χ4v) is 2.75. The van der Waals surface area contributed by atoms with Gasteiger partial charge in [0.15, 0.2) is 11.2 Å². The minimum absolute atomic E-state index is 0.291. The lowest BCUT2D eigenvalue weighted by molar-refractivity contribution is -0.556. The highest BCUT2D eigenvalue weighted by Gasteiger charge is 2.27. The predicted octanol–water partition coefficient (Wildman–Crippen LogP) is 2.62. The van der Waals surface area contributed by atoms with Crippen molar-refractivity contribution in [1.29, 1.82) is 0 Å². The smallest absolute Gasteiger partial charge is 0.363 e. The zero-order chi connectivity index (χ0) is 16.0. The number of para-hydroxylation sites is 2. The lowest BCUT2D eigenvalue weighted by atomic mass is 10.2. The quantitative estimate of drug-likeness (QED) is 0.535. The monoisotopic (exact) mass is 309 g/mol. The molecule has 0 aliphatic carbocycles. The number of halogens is 1. The molecule has 2 aromatic carbocycles. The first-order valence-corrected chi connectivity index (χ1v) is 7.19. The average molecular weight is 309 g/mol. The molecule has 0 bridgehead atoms. The summed E-state index contributed by atoms with van der Waals surface area (Å²) in [6, 6.07) is 13.9. The van der Waals surface area contributed by atoms with E-state index in [4.69, 9.17) is 4.74 Å². The molecular formula is C17H14FN4O+. The standard InChI is InChI=1S/C17H14FN4O/c1-11-16-17(23-2)21(13-9-7-12(18)8-10-13)20-22(16)15-6-4-3-5-14(15)19-11/h3-10H,1-2H3/q+1. The summed E-state index contributed by atoms with van der Waals surface area (Å²) in [6.07, 6.45) is 0. The molecular weight excluding hydrogens is 295 g/mol. The maximum absolute atomic E-state index is 13.2. The van der Waals surface area contributed by atoms with Crippen molar-refractivity contribution >= 4 is 16.6 Å². The zero-order valence-corrected chi connectivity index (χ0v) is 12.7. The Morgan fingerprint density at radius 2 is 1.83 bits per heavy atom. The van der Waals surface area contributed by atoms with Crippen LogP contribution in [0, 0.1) is 12.7 Å². The normalized spacial score (nSPS) is 11.3. The number of fused-ring (bicyclic) bond motifs is 3. The van der Waals surface area contributed by atoms with Gasteiger partial charge in [-0.3, -0.25) is 0 Å². The highest BCUT2D eigenvalue weighted by atomic mass is 19.1. The number of nitrogens with zero attached hydrogens (tertiary/aromatic N) is 4. The Balaban J connectivity index is 2.11. The maximum Gasteiger partial charge on any atom is 0.363 e. The van der Waals surface area contributed by atoms with Crippen LogP contribution in [0.25, 0.3) is 22.2 Å². The van der Waals surface area contributed by atoms with Crippen LogP contribution in [0.2, 0.25) is 0 Å². The molecule has 23 heavy (non-hydrogen) atoms. The molecule has 0 radical (unpaired) electrons. The number of rotatable bonds is 2. The van der Waals surface area contributed by atoms with Crippen molar-refractivity contribution in [1.82, 2.24) is 14.9 Å². The van der Waals surface area contributed by atoms with Gasteiger partial charge in [0.05, 0.1) is 12.8 Å². The number of hydrogen-bond acceptors (Lipinski definition) is 3. The molecule has 0 fully saturated rings. The Bertz CT molecular complexity index is 1020. The predicted molar refractivity (Wildman–Crippen MR) is 83.3 cm³/mol. The molecule has 4 aromatic rings. The summed E-state index contributed by atoms with van der Waals surface area (Å²) in [6.45, 7) is 1.92. The third-order valence-electron chi connectivity index (χ3n) is 3.79. The van der Waals surface area contributed by atoms with Gasteiger partial charge in [-0.25, -0.2) is 9.37 Å². The second kappa shape index (κ2) is 5.01. The van der Waals surface area contributed by atoms with Crippen LogP contribution >= 0.6 is 0 Å². The molecule has 6 heteroatoms. The molecule has 0 amide bonds. The zero-order valence-electron chi connectivity index (χ0n) is 12.7. The first-order valence-electron chi connectivity index (χ1n) is 7.19. The van der Waals surface area contributed by atoms with Crippen LogP contribution in [0.3, 0.4) is 0 Å². The van der Waals surface area contributed by atoms with E-state index in [1.807, 2.05) is 31.2 Å². The number of benzene rings is 2. The number of methoxy groups -OCH3 is 1. The molecule has 0 aliphatic rings. The van der Waals surface area contributed by atoms with Crippen LogP contribution in [-0.4, -0.2) is 22.0 Å². The van der Waals surface area contributed by atoms with E-state index in [0.29, 0.717) is 5.88 Å². The van der Waals surface area contributed by atoms with Crippen molar-refractivity contribution in [2.24, 2.45) is 0 Å². The van der Waals surface area contributed by atoms with E-state index >= 15 is 0 Å². The summed E-state index contributed by atoms with van der Waals surface area (Å²) in [4.78, 5) is 4.62. The molecule has 114 valence electrons. The van der Waals surface area contributed by atoms with Gasteiger partial charge in [0.1, 0.15) is 16.5 Å². The second-order valence-corrected chi connectivity index (χ2v) is 5.23. The van der Waals surface area contributed by atoms with Crippen LogP contribution in [-0.2, 0) is 0 Å². The van der Waals surface area contributed by atoms with Crippen LogP contribution in [0.1, 0.15) is 5.69 Å². The van der Waals surface area contributed by atoms with E-state index < -0.39 is 0 Å². The van der Waals surface area contributed by atoms with E-state index in [2.05, 4.69) is 10.2 Å². The third kappa shape index (κ3) is 2.03. The van der Waals surface area contributed by atoms with Gasteiger partial charge in [-0.1, -0.05) is 21.3 Å². The van der Waals surface area contributed by atoms with Gasteiger partial charge in [-0.05, 0) is 43.3 Å². The summed E-state index contributed by atoms with van der Waals surface area (Å²) < 4.78 is 22.2. The van der Waals surface area contributed by atoms with Gasteiger partial charge >= 0.3 is 5.88 Å². The molecule has 0 aliphatic heterocycles. The average Bonchev–Trinajstić information content (AvgIpc) is 2.96. The van der Waals surface area contributed by atoms with Crippen LogP contribution in [0.5, 0.6) is 5.88 Å². The molecule has 5 nitrogen and oxygen atoms in total. The Morgan fingerprint density at radius 1 is 1.09 bits per heavy atom. The maximum atomic E-state index is 13.2. The molecule has 2 aromatic heterocycles. The van der Waals surface area contributed by atoms with Crippen molar-refractivity contribution in [3.8, 4) is 11.6 Å².